The number of hydrazone groups is 1. The summed E-state index contributed by atoms with van der Waals surface area (Å²) in [6, 6.07) is 14.8. The van der Waals surface area contributed by atoms with Crippen LogP contribution < -0.4 is 10.2 Å². The molecule has 5 heteroatoms. The normalized spacial score (nSPS) is 11.1. The van der Waals surface area contributed by atoms with Crippen LogP contribution in [0.25, 0.3) is 0 Å². The molecule has 0 aromatic heterocycles. The van der Waals surface area contributed by atoms with E-state index in [2.05, 4.69) is 26.5 Å². The first-order chi connectivity index (χ1) is 10.6. The van der Waals surface area contributed by atoms with E-state index in [0.29, 0.717) is 12.2 Å². The Morgan fingerprint density at radius 1 is 1.18 bits per heavy atom. The van der Waals surface area contributed by atoms with Crippen LogP contribution in [0.3, 0.4) is 0 Å². The number of nitrogens with zero attached hydrogens (tertiary/aromatic N) is 1. The van der Waals surface area contributed by atoms with Gasteiger partial charge in [0.15, 0.2) is 0 Å². The fourth-order valence-electron chi connectivity index (χ4n) is 1.86. The minimum Gasteiger partial charge on any atom is -0.494 e. The standard InChI is InChI=1S/C17H17BrN2O2/c1-3-22-14-10-8-13(9-11-14)12(2)19-20-17(21)15-6-4-5-7-16(15)18/h4-11H,3H2,1-2H3,(H,20,21)/b19-12-. The van der Waals surface area contributed by atoms with Crippen molar-refractivity contribution in [3.63, 3.8) is 0 Å². The molecule has 0 bridgehead atoms. The minimum atomic E-state index is -0.252. The van der Waals surface area contributed by atoms with Crippen molar-refractivity contribution in [2.24, 2.45) is 5.10 Å². The highest BCUT2D eigenvalue weighted by Gasteiger charge is 2.08. The van der Waals surface area contributed by atoms with E-state index in [1.54, 1.807) is 6.07 Å². The van der Waals surface area contributed by atoms with E-state index < -0.39 is 0 Å². The lowest BCUT2D eigenvalue weighted by atomic mass is 10.1. The zero-order chi connectivity index (χ0) is 15.9. The number of nitrogens with one attached hydrogen (secondary N) is 1. The molecule has 2 aromatic rings. The Kier molecular flexibility index (Phi) is 5.72. The molecular formula is C17H17BrN2O2. The Labute approximate surface area is 138 Å². The molecule has 0 fully saturated rings. The molecule has 0 spiro atoms. The lowest BCUT2D eigenvalue weighted by Crippen LogP contribution is -2.19. The van der Waals surface area contributed by atoms with Gasteiger partial charge in [-0.1, -0.05) is 12.1 Å². The molecule has 1 N–H and O–H groups in total. The first-order valence-electron chi connectivity index (χ1n) is 6.94. The summed E-state index contributed by atoms with van der Waals surface area (Å²) in [6.07, 6.45) is 0. The number of carbonyl (C=O) groups is 1. The van der Waals surface area contributed by atoms with Gasteiger partial charge in [0.25, 0.3) is 5.91 Å². The maximum absolute atomic E-state index is 12.1. The Bertz CT molecular complexity index is 681. The van der Waals surface area contributed by atoms with Crippen molar-refractivity contribution in [2.45, 2.75) is 13.8 Å². The van der Waals surface area contributed by atoms with Gasteiger partial charge in [0, 0.05) is 4.47 Å². The second-order valence-electron chi connectivity index (χ2n) is 4.58. The van der Waals surface area contributed by atoms with Gasteiger partial charge in [-0.15, -0.1) is 0 Å². The van der Waals surface area contributed by atoms with Crippen LogP contribution in [0.1, 0.15) is 29.8 Å². The van der Waals surface area contributed by atoms with Crippen LogP contribution in [0.4, 0.5) is 0 Å². The maximum atomic E-state index is 12.1. The Balaban J connectivity index is 2.06. The van der Waals surface area contributed by atoms with Crippen LogP contribution in [0.5, 0.6) is 5.75 Å². The van der Waals surface area contributed by atoms with Gasteiger partial charge in [0.05, 0.1) is 17.9 Å². The first kappa shape index (κ1) is 16.2. The summed E-state index contributed by atoms with van der Waals surface area (Å²) in [4.78, 5) is 12.1. The molecule has 2 rings (SSSR count). The summed E-state index contributed by atoms with van der Waals surface area (Å²) in [7, 11) is 0. The zero-order valence-corrected chi connectivity index (χ0v) is 14.1. The smallest absolute Gasteiger partial charge is 0.272 e. The van der Waals surface area contributed by atoms with Gasteiger partial charge in [-0.25, -0.2) is 5.43 Å². The predicted octanol–water partition coefficient (Wildman–Crippen LogP) is 4.00. The van der Waals surface area contributed by atoms with Crippen molar-refractivity contribution in [2.75, 3.05) is 6.61 Å². The topological polar surface area (TPSA) is 50.7 Å². The molecule has 4 nitrogen and oxygen atoms in total. The van der Waals surface area contributed by atoms with Crippen molar-refractivity contribution in [1.29, 1.82) is 0 Å². The largest absolute Gasteiger partial charge is 0.494 e. The van der Waals surface area contributed by atoms with Crippen molar-refractivity contribution in [3.05, 3.63) is 64.1 Å². The Morgan fingerprint density at radius 3 is 2.50 bits per heavy atom. The quantitative estimate of drug-likeness (QED) is 0.646. The third-order valence-electron chi connectivity index (χ3n) is 3.03. The highest BCUT2D eigenvalue weighted by molar-refractivity contribution is 9.10. The molecule has 0 atom stereocenters. The molecule has 0 saturated heterocycles. The number of benzene rings is 2. The van der Waals surface area contributed by atoms with Crippen molar-refractivity contribution in [3.8, 4) is 5.75 Å². The molecule has 2 aromatic carbocycles. The summed E-state index contributed by atoms with van der Waals surface area (Å²) in [6.45, 7) is 4.42. The van der Waals surface area contributed by atoms with E-state index in [9.17, 15) is 4.79 Å². The maximum Gasteiger partial charge on any atom is 0.272 e. The van der Waals surface area contributed by atoms with Crippen LogP contribution in [-0.2, 0) is 0 Å². The molecule has 0 unspecified atom stereocenters. The van der Waals surface area contributed by atoms with E-state index in [0.717, 1.165) is 21.5 Å². The van der Waals surface area contributed by atoms with Crippen molar-refractivity contribution >= 4 is 27.5 Å². The minimum absolute atomic E-state index is 0.252. The molecule has 0 saturated carbocycles. The van der Waals surface area contributed by atoms with E-state index in [1.165, 1.54) is 0 Å². The van der Waals surface area contributed by atoms with E-state index in [4.69, 9.17) is 4.74 Å². The van der Waals surface area contributed by atoms with Crippen LogP contribution in [0, 0.1) is 0 Å². The Hall–Kier alpha value is -2.14. The monoisotopic (exact) mass is 360 g/mol. The number of halogens is 1. The fourth-order valence-corrected chi connectivity index (χ4v) is 2.33. The van der Waals surface area contributed by atoms with E-state index in [1.807, 2.05) is 56.3 Å². The third kappa shape index (κ3) is 4.18. The number of carbonyl (C=O) groups excluding carboxylic acids is 1. The lowest BCUT2D eigenvalue weighted by molar-refractivity contribution is 0.0954. The van der Waals surface area contributed by atoms with Crippen LogP contribution in [0.2, 0.25) is 0 Å². The number of rotatable bonds is 5. The predicted molar refractivity (Wildman–Crippen MR) is 91.4 cm³/mol. The van der Waals surface area contributed by atoms with Gasteiger partial charge in [0.1, 0.15) is 5.75 Å². The van der Waals surface area contributed by atoms with Gasteiger partial charge >= 0.3 is 0 Å². The van der Waals surface area contributed by atoms with E-state index in [-0.39, 0.29) is 5.91 Å². The summed E-state index contributed by atoms with van der Waals surface area (Å²) >= 11 is 3.35. The number of hydrogen-bond donors (Lipinski definition) is 1. The van der Waals surface area contributed by atoms with Gasteiger partial charge in [-0.2, -0.15) is 5.10 Å². The van der Waals surface area contributed by atoms with E-state index >= 15 is 0 Å². The van der Waals surface area contributed by atoms with Crippen LogP contribution in [0.15, 0.2) is 58.1 Å². The van der Waals surface area contributed by atoms with Crippen LogP contribution in [-0.4, -0.2) is 18.2 Å². The number of amides is 1. The third-order valence-corrected chi connectivity index (χ3v) is 3.72. The molecule has 22 heavy (non-hydrogen) atoms. The molecule has 0 aliphatic rings. The summed E-state index contributed by atoms with van der Waals surface area (Å²) in [5, 5.41) is 4.14. The molecule has 114 valence electrons. The highest BCUT2D eigenvalue weighted by atomic mass is 79.9. The van der Waals surface area contributed by atoms with Gasteiger partial charge < -0.3 is 4.74 Å². The molecule has 0 aliphatic carbocycles. The summed E-state index contributed by atoms with van der Waals surface area (Å²) in [5.74, 6) is 0.564. The second-order valence-corrected chi connectivity index (χ2v) is 5.43. The summed E-state index contributed by atoms with van der Waals surface area (Å²) in [5.41, 5.74) is 4.76. The van der Waals surface area contributed by atoms with Crippen molar-refractivity contribution in [1.82, 2.24) is 5.43 Å². The summed E-state index contributed by atoms with van der Waals surface area (Å²) < 4.78 is 6.13. The van der Waals surface area contributed by atoms with Gasteiger partial charge in [-0.3, -0.25) is 4.79 Å². The SMILES string of the molecule is CCOc1ccc(/C(C)=N\NC(=O)c2ccccc2Br)cc1. The first-order valence-corrected chi connectivity index (χ1v) is 7.73. The highest BCUT2D eigenvalue weighted by Crippen LogP contribution is 2.16. The molecule has 0 radical (unpaired) electrons. The number of hydrogen-bond acceptors (Lipinski definition) is 3. The van der Waals surface area contributed by atoms with Gasteiger partial charge in [-0.05, 0) is 71.7 Å². The molecule has 0 heterocycles. The lowest BCUT2D eigenvalue weighted by Gasteiger charge is -2.06. The zero-order valence-electron chi connectivity index (χ0n) is 12.5. The molecule has 1 amide bonds. The average Bonchev–Trinajstić information content (AvgIpc) is 2.54. The van der Waals surface area contributed by atoms with Crippen LogP contribution >= 0.6 is 15.9 Å². The van der Waals surface area contributed by atoms with Gasteiger partial charge in [0.2, 0.25) is 0 Å². The van der Waals surface area contributed by atoms with Crippen molar-refractivity contribution < 1.29 is 9.53 Å². The second kappa shape index (κ2) is 7.75. The average molecular weight is 361 g/mol. The molecular weight excluding hydrogens is 344 g/mol. The Morgan fingerprint density at radius 2 is 1.86 bits per heavy atom. The fraction of sp³-hybridized carbons (Fsp3) is 0.176. The molecule has 0 aliphatic heterocycles. The number of ether oxygens (including phenoxy) is 1.